The highest BCUT2D eigenvalue weighted by molar-refractivity contribution is 5.88. The highest BCUT2D eigenvalue weighted by Crippen LogP contribution is 2.30. The van der Waals surface area contributed by atoms with Crippen molar-refractivity contribution in [1.82, 2.24) is 0 Å². The summed E-state index contributed by atoms with van der Waals surface area (Å²) in [6.45, 7) is 3.42. The van der Waals surface area contributed by atoms with E-state index in [1.807, 2.05) is 24.3 Å². The number of carbonyl (C=O) groups is 1. The standard InChI is InChI=1S/C18H19NO3/c1-2-15-12-22-17-10-13(18(20)21)8-9-14(17)11-19(15)16-6-4-3-5-7-16/h3-10,15H,2,11-12H2,1H3,(H,20,21). The highest BCUT2D eigenvalue weighted by atomic mass is 16.5. The van der Waals surface area contributed by atoms with E-state index in [0.29, 0.717) is 12.4 Å². The molecule has 0 aromatic heterocycles. The molecule has 2 aromatic rings. The molecule has 0 radical (unpaired) electrons. The molecule has 1 aliphatic heterocycles. The number of aromatic carboxylic acids is 1. The summed E-state index contributed by atoms with van der Waals surface area (Å²) in [5, 5.41) is 9.12. The Hall–Kier alpha value is -2.49. The Balaban J connectivity index is 1.97. The minimum Gasteiger partial charge on any atom is -0.491 e. The fraction of sp³-hybridized carbons (Fsp3) is 0.278. The van der Waals surface area contributed by atoms with E-state index in [1.54, 1.807) is 12.1 Å². The van der Waals surface area contributed by atoms with Crippen molar-refractivity contribution in [2.75, 3.05) is 11.5 Å². The number of nitrogens with zero attached hydrogens (tertiary/aromatic N) is 1. The van der Waals surface area contributed by atoms with E-state index in [-0.39, 0.29) is 11.6 Å². The number of benzene rings is 2. The van der Waals surface area contributed by atoms with E-state index >= 15 is 0 Å². The van der Waals surface area contributed by atoms with E-state index in [1.165, 1.54) is 0 Å². The SMILES string of the molecule is CCC1COc2cc(C(=O)O)ccc2CN1c1ccccc1. The molecule has 1 N–H and O–H groups in total. The molecule has 4 heteroatoms. The maximum absolute atomic E-state index is 11.1. The normalized spacial score (nSPS) is 17.3. The molecule has 1 unspecified atom stereocenters. The largest absolute Gasteiger partial charge is 0.491 e. The van der Waals surface area contributed by atoms with Crippen LogP contribution in [0.4, 0.5) is 5.69 Å². The lowest BCUT2D eigenvalue weighted by Gasteiger charge is -2.30. The van der Waals surface area contributed by atoms with Crippen molar-refractivity contribution >= 4 is 11.7 Å². The fourth-order valence-electron chi connectivity index (χ4n) is 2.80. The van der Waals surface area contributed by atoms with Gasteiger partial charge in [-0.3, -0.25) is 0 Å². The van der Waals surface area contributed by atoms with Crippen LogP contribution in [0.15, 0.2) is 48.5 Å². The lowest BCUT2D eigenvalue weighted by molar-refractivity contribution is 0.0696. The summed E-state index contributed by atoms with van der Waals surface area (Å²) in [5.41, 5.74) is 2.44. The van der Waals surface area contributed by atoms with Gasteiger partial charge in [-0.1, -0.05) is 31.2 Å². The molecule has 1 atom stereocenters. The van der Waals surface area contributed by atoms with Crippen LogP contribution in [0, 0.1) is 0 Å². The second kappa shape index (κ2) is 6.10. The third-order valence-corrected chi connectivity index (χ3v) is 4.09. The van der Waals surface area contributed by atoms with Gasteiger partial charge >= 0.3 is 5.97 Å². The minimum absolute atomic E-state index is 0.264. The number of ether oxygens (including phenoxy) is 1. The minimum atomic E-state index is -0.928. The number of rotatable bonds is 3. The zero-order valence-corrected chi connectivity index (χ0v) is 12.5. The summed E-state index contributed by atoms with van der Waals surface area (Å²) in [5.74, 6) is -0.251. The van der Waals surface area contributed by atoms with Crippen LogP contribution in [0.25, 0.3) is 0 Å². The molecular formula is C18H19NO3. The van der Waals surface area contributed by atoms with Gasteiger partial charge in [0.2, 0.25) is 0 Å². The molecule has 0 saturated carbocycles. The zero-order chi connectivity index (χ0) is 15.5. The van der Waals surface area contributed by atoms with E-state index in [2.05, 4.69) is 24.0 Å². The lowest BCUT2D eigenvalue weighted by atomic mass is 10.1. The molecule has 0 saturated heterocycles. The van der Waals surface area contributed by atoms with Gasteiger partial charge in [0, 0.05) is 17.8 Å². The maximum Gasteiger partial charge on any atom is 0.335 e. The Bertz CT molecular complexity index is 669. The van der Waals surface area contributed by atoms with Crippen LogP contribution in [0.3, 0.4) is 0 Å². The Morgan fingerprint density at radius 3 is 2.73 bits per heavy atom. The van der Waals surface area contributed by atoms with Gasteiger partial charge in [0.25, 0.3) is 0 Å². The first-order valence-electron chi connectivity index (χ1n) is 7.49. The Morgan fingerprint density at radius 2 is 2.05 bits per heavy atom. The lowest BCUT2D eigenvalue weighted by Crippen LogP contribution is -2.36. The van der Waals surface area contributed by atoms with Crippen LogP contribution >= 0.6 is 0 Å². The molecule has 0 amide bonds. The molecule has 1 aliphatic rings. The van der Waals surface area contributed by atoms with Crippen molar-refractivity contribution in [3.8, 4) is 5.75 Å². The first-order valence-corrected chi connectivity index (χ1v) is 7.49. The summed E-state index contributed by atoms with van der Waals surface area (Å²) in [7, 11) is 0. The van der Waals surface area contributed by atoms with Gasteiger partial charge < -0.3 is 14.7 Å². The first kappa shape index (κ1) is 14.4. The maximum atomic E-state index is 11.1. The molecule has 3 rings (SSSR count). The average Bonchev–Trinajstić information content (AvgIpc) is 2.74. The smallest absolute Gasteiger partial charge is 0.335 e. The monoisotopic (exact) mass is 297 g/mol. The van der Waals surface area contributed by atoms with Gasteiger partial charge in [-0.15, -0.1) is 0 Å². The topological polar surface area (TPSA) is 49.8 Å². The molecule has 2 aromatic carbocycles. The van der Waals surface area contributed by atoms with Gasteiger partial charge in [-0.05, 0) is 30.7 Å². The molecule has 0 aliphatic carbocycles. The van der Waals surface area contributed by atoms with E-state index in [0.717, 1.165) is 24.2 Å². The van der Waals surface area contributed by atoms with Crippen LogP contribution in [0.2, 0.25) is 0 Å². The molecule has 1 heterocycles. The van der Waals surface area contributed by atoms with Crippen molar-refractivity contribution in [1.29, 1.82) is 0 Å². The highest BCUT2D eigenvalue weighted by Gasteiger charge is 2.24. The van der Waals surface area contributed by atoms with Crippen LogP contribution in [0.1, 0.15) is 29.3 Å². The molecule has 0 spiro atoms. The predicted octanol–water partition coefficient (Wildman–Crippen LogP) is 3.56. The summed E-state index contributed by atoms with van der Waals surface area (Å²) in [4.78, 5) is 13.4. The van der Waals surface area contributed by atoms with Crippen LogP contribution < -0.4 is 9.64 Å². The number of anilines is 1. The van der Waals surface area contributed by atoms with Gasteiger partial charge in [-0.2, -0.15) is 0 Å². The van der Waals surface area contributed by atoms with Crippen molar-refractivity contribution in [3.05, 3.63) is 59.7 Å². The Kier molecular flexibility index (Phi) is 4.00. The second-order valence-electron chi connectivity index (χ2n) is 5.46. The summed E-state index contributed by atoms with van der Waals surface area (Å²) in [6, 6.07) is 15.6. The number of hydrogen-bond acceptors (Lipinski definition) is 3. The third kappa shape index (κ3) is 2.77. The number of fused-ring (bicyclic) bond motifs is 1. The van der Waals surface area contributed by atoms with E-state index < -0.39 is 5.97 Å². The third-order valence-electron chi connectivity index (χ3n) is 4.09. The first-order chi connectivity index (χ1) is 10.7. The van der Waals surface area contributed by atoms with Crippen molar-refractivity contribution in [2.45, 2.75) is 25.9 Å². The number of carboxylic acids is 1. The number of hydrogen-bond donors (Lipinski definition) is 1. The fourth-order valence-corrected chi connectivity index (χ4v) is 2.80. The Labute approximate surface area is 130 Å². The molecule has 22 heavy (non-hydrogen) atoms. The van der Waals surface area contributed by atoms with Crippen LogP contribution in [0.5, 0.6) is 5.75 Å². The summed E-state index contributed by atoms with van der Waals surface area (Å²) < 4.78 is 5.89. The summed E-state index contributed by atoms with van der Waals surface area (Å²) >= 11 is 0. The number of carboxylic acid groups (broad SMARTS) is 1. The van der Waals surface area contributed by atoms with Gasteiger partial charge in [0.15, 0.2) is 0 Å². The van der Waals surface area contributed by atoms with Crippen LogP contribution in [-0.2, 0) is 6.54 Å². The van der Waals surface area contributed by atoms with Crippen molar-refractivity contribution < 1.29 is 14.6 Å². The van der Waals surface area contributed by atoms with E-state index in [4.69, 9.17) is 9.84 Å². The van der Waals surface area contributed by atoms with Crippen molar-refractivity contribution in [3.63, 3.8) is 0 Å². The predicted molar refractivity (Wildman–Crippen MR) is 85.6 cm³/mol. The van der Waals surface area contributed by atoms with Gasteiger partial charge in [-0.25, -0.2) is 4.79 Å². The quantitative estimate of drug-likeness (QED) is 0.941. The summed E-state index contributed by atoms with van der Waals surface area (Å²) in [6.07, 6.45) is 0.967. The molecular weight excluding hydrogens is 278 g/mol. The molecule has 114 valence electrons. The van der Waals surface area contributed by atoms with Crippen molar-refractivity contribution in [2.24, 2.45) is 0 Å². The molecule has 0 bridgehead atoms. The van der Waals surface area contributed by atoms with Crippen LogP contribution in [-0.4, -0.2) is 23.7 Å². The zero-order valence-electron chi connectivity index (χ0n) is 12.5. The molecule has 0 fully saturated rings. The average molecular weight is 297 g/mol. The van der Waals surface area contributed by atoms with E-state index in [9.17, 15) is 4.79 Å². The van der Waals surface area contributed by atoms with Gasteiger partial charge in [0.1, 0.15) is 12.4 Å². The Morgan fingerprint density at radius 1 is 1.27 bits per heavy atom. The molecule has 4 nitrogen and oxygen atoms in total. The number of para-hydroxylation sites is 1. The second-order valence-corrected chi connectivity index (χ2v) is 5.46. The van der Waals surface area contributed by atoms with Gasteiger partial charge in [0.05, 0.1) is 11.6 Å².